The molecule has 2 heteroatoms. The van der Waals surface area contributed by atoms with Crippen LogP contribution in [0.4, 0.5) is 4.39 Å². The molecule has 0 amide bonds. The molecule has 19 heavy (non-hydrogen) atoms. The minimum atomic E-state index is -0.909. The zero-order chi connectivity index (χ0) is 13.8. The number of halogens is 1. The summed E-state index contributed by atoms with van der Waals surface area (Å²) in [6, 6.07) is 14.1. The van der Waals surface area contributed by atoms with Crippen LogP contribution in [-0.2, 0) is 6.42 Å². The fourth-order valence-corrected chi connectivity index (χ4v) is 2.24. The second-order valence-corrected chi connectivity index (χ2v) is 5.27. The van der Waals surface area contributed by atoms with Crippen molar-refractivity contribution in [1.82, 2.24) is 0 Å². The van der Waals surface area contributed by atoms with Crippen molar-refractivity contribution in [2.45, 2.75) is 26.4 Å². The second-order valence-electron chi connectivity index (χ2n) is 5.27. The smallest absolute Gasteiger partial charge is 0.129 e. The first-order valence-electron chi connectivity index (χ1n) is 6.59. The van der Waals surface area contributed by atoms with Gasteiger partial charge >= 0.3 is 0 Å². The third-order valence-corrected chi connectivity index (χ3v) is 3.11. The van der Waals surface area contributed by atoms with Crippen molar-refractivity contribution in [1.29, 1.82) is 0 Å². The molecule has 1 N–H and O–H groups in total. The summed E-state index contributed by atoms with van der Waals surface area (Å²) in [4.78, 5) is 0. The van der Waals surface area contributed by atoms with Crippen molar-refractivity contribution in [3.8, 4) is 0 Å². The van der Waals surface area contributed by atoms with Crippen molar-refractivity contribution in [2.75, 3.05) is 0 Å². The van der Waals surface area contributed by atoms with Crippen LogP contribution in [0.15, 0.2) is 48.5 Å². The lowest BCUT2D eigenvalue weighted by Crippen LogP contribution is -2.03. The number of aliphatic hydroxyl groups is 1. The fraction of sp³-hybridized carbons (Fsp3) is 0.294. The van der Waals surface area contributed by atoms with Gasteiger partial charge in [0.25, 0.3) is 0 Å². The van der Waals surface area contributed by atoms with Gasteiger partial charge in [-0.2, -0.15) is 0 Å². The van der Waals surface area contributed by atoms with E-state index in [0.717, 1.165) is 12.0 Å². The molecular weight excluding hydrogens is 239 g/mol. The molecule has 0 aromatic heterocycles. The molecule has 0 aliphatic rings. The molecule has 1 atom stereocenters. The van der Waals surface area contributed by atoms with Crippen molar-refractivity contribution in [2.24, 2.45) is 5.92 Å². The molecule has 2 aromatic rings. The zero-order valence-corrected chi connectivity index (χ0v) is 11.3. The summed E-state index contributed by atoms with van der Waals surface area (Å²) in [6.45, 7) is 4.31. The largest absolute Gasteiger partial charge is 0.384 e. The van der Waals surface area contributed by atoms with Crippen LogP contribution in [0.3, 0.4) is 0 Å². The SMILES string of the molecule is CC(C)Cc1cccc(C(O)c2ccccc2F)c1. The predicted molar refractivity (Wildman–Crippen MR) is 75.4 cm³/mol. The fourth-order valence-electron chi connectivity index (χ4n) is 2.24. The molecule has 0 saturated heterocycles. The van der Waals surface area contributed by atoms with Gasteiger partial charge in [-0.3, -0.25) is 0 Å². The summed E-state index contributed by atoms with van der Waals surface area (Å²) in [7, 11) is 0. The van der Waals surface area contributed by atoms with Crippen molar-refractivity contribution < 1.29 is 9.50 Å². The monoisotopic (exact) mass is 258 g/mol. The predicted octanol–water partition coefficient (Wildman–Crippen LogP) is 4.11. The molecule has 1 nitrogen and oxygen atoms in total. The summed E-state index contributed by atoms with van der Waals surface area (Å²) >= 11 is 0. The van der Waals surface area contributed by atoms with Gasteiger partial charge in [-0.05, 0) is 29.5 Å². The van der Waals surface area contributed by atoms with E-state index in [2.05, 4.69) is 13.8 Å². The summed E-state index contributed by atoms with van der Waals surface area (Å²) in [5.41, 5.74) is 2.23. The van der Waals surface area contributed by atoms with Crippen LogP contribution in [-0.4, -0.2) is 5.11 Å². The first-order chi connectivity index (χ1) is 9.08. The number of benzene rings is 2. The van der Waals surface area contributed by atoms with E-state index in [9.17, 15) is 9.50 Å². The Labute approximate surface area is 113 Å². The van der Waals surface area contributed by atoms with Gasteiger partial charge in [-0.25, -0.2) is 4.39 Å². The molecule has 0 radical (unpaired) electrons. The molecule has 0 aliphatic heterocycles. The zero-order valence-electron chi connectivity index (χ0n) is 11.3. The molecule has 0 spiro atoms. The molecule has 2 rings (SSSR count). The van der Waals surface area contributed by atoms with Crippen LogP contribution in [0.1, 0.15) is 36.6 Å². The van der Waals surface area contributed by atoms with E-state index in [0.29, 0.717) is 11.5 Å². The van der Waals surface area contributed by atoms with Crippen molar-refractivity contribution in [3.63, 3.8) is 0 Å². The van der Waals surface area contributed by atoms with Gasteiger partial charge in [0.1, 0.15) is 11.9 Å². The maximum Gasteiger partial charge on any atom is 0.129 e. The standard InChI is InChI=1S/C17H19FO/c1-12(2)10-13-6-5-7-14(11-13)17(19)15-8-3-4-9-16(15)18/h3-9,11-12,17,19H,10H2,1-2H3. The molecule has 2 aromatic carbocycles. The molecule has 0 saturated carbocycles. The number of hydrogen-bond donors (Lipinski definition) is 1. The van der Waals surface area contributed by atoms with E-state index in [1.54, 1.807) is 18.2 Å². The highest BCUT2D eigenvalue weighted by Crippen LogP contribution is 2.25. The highest BCUT2D eigenvalue weighted by molar-refractivity contribution is 5.33. The molecular formula is C17H19FO. The Bertz CT molecular complexity index is 548. The van der Waals surface area contributed by atoms with Gasteiger partial charge in [0.15, 0.2) is 0 Å². The summed E-state index contributed by atoms with van der Waals surface area (Å²) in [6.07, 6.45) is 0.0472. The molecule has 0 heterocycles. The van der Waals surface area contributed by atoms with Crippen LogP contribution in [0.25, 0.3) is 0 Å². The molecule has 0 bridgehead atoms. The van der Waals surface area contributed by atoms with Crippen LogP contribution in [0, 0.1) is 11.7 Å². The lowest BCUT2D eigenvalue weighted by molar-refractivity contribution is 0.215. The Balaban J connectivity index is 2.29. The first-order valence-corrected chi connectivity index (χ1v) is 6.59. The summed E-state index contributed by atoms with van der Waals surface area (Å²) < 4.78 is 13.7. The number of rotatable bonds is 4. The van der Waals surface area contributed by atoms with E-state index in [1.807, 2.05) is 24.3 Å². The topological polar surface area (TPSA) is 20.2 Å². The molecule has 1 unspecified atom stereocenters. The molecule has 0 aliphatic carbocycles. The van der Waals surface area contributed by atoms with Crippen molar-refractivity contribution in [3.05, 3.63) is 71.0 Å². The van der Waals surface area contributed by atoms with E-state index >= 15 is 0 Å². The molecule has 0 fully saturated rings. The average Bonchev–Trinajstić information content (AvgIpc) is 2.38. The van der Waals surface area contributed by atoms with E-state index < -0.39 is 6.10 Å². The quantitative estimate of drug-likeness (QED) is 0.875. The van der Waals surface area contributed by atoms with Gasteiger partial charge < -0.3 is 5.11 Å². The summed E-state index contributed by atoms with van der Waals surface area (Å²) in [5, 5.41) is 10.3. The second kappa shape index (κ2) is 5.98. The third-order valence-electron chi connectivity index (χ3n) is 3.11. The van der Waals surface area contributed by atoms with E-state index in [1.165, 1.54) is 11.6 Å². The van der Waals surface area contributed by atoms with Gasteiger partial charge in [-0.15, -0.1) is 0 Å². The Morgan fingerprint density at radius 3 is 2.47 bits per heavy atom. The van der Waals surface area contributed by atoms with Gasteiger partial charge in [0.2, 0.25) is 0 Å². The third kappa shape index (κ3) is 3.42. The Morgan fingerprint density at radius 1 is 1.05 bits per heavy atom. The first kappa shape index (κ1) is 13.8. The lowest BCUT2D eigenvalue weighted by Gasteiger charge is -2.14. The Morgan fingerprint density at radius 2 is 1.79 bits per heavy atom. The Kier molecular flexibility index (Phi) is 4.33. The maximum atomic E-state index is 13.7. The van der Waals surface area contributed by atoms with E-state index in [4.69, 9.17) is 0 Å². The van der Waals surface area contributed by atoms with E-state index in [-0.39, 0.29) is 5.82 Å². The Hall–Kier alpha value is -1.67. The van der Waals surface area contributed by atoms with Gasteiger partial charge in [0, 0.05) is 5.56 Å². The van der Waals surface area contributed by atoms with Crippen LogP contribution >= 0.6 is 0 Å². The normalized spacial score (nSPS) is 12.7. The highest BCUT2D eigenvalue weighted by atomic mass is 19.1. The van der Waals surface area contributed by atoms with Crippen LogP contribution < -0.4 is 0 Å². The highest BCUT2D eigenvalue weighted by Gasteiger charge is 2.14. The minimum absolute atomic E-state index is 0.323. The van der Waals surface area contributed by atoms with Crippen molar-refractivity contribution >= 4 is 0 Å². The minimum Gasteiger partial charge on any atom is -0.384 e. The summed E-state index contributed by atoms with van der Waals surface area (Å²) in [5.74, 6) is 0.185. The number of hydrogen-bond acceptors (Lipinski definition) is 1. The van der Waals surface area contributed by atoms with Crippen LogP contribution in [0.5, 0.6) is 0 Å². The molecule has 100 valence electrons. The number of aliphatic hydroxyl groups excluding tert-OH is 1. The van der Waals surface area contributed by atoms with Crippen LogP contribution in [0.2, 0.25) is 0 Å². The van der Waals surface area contributed by atoms with Gasteiger partial charge in [-0.1, -0.05) is 56.3 Å². The lowest BCUT2D eigenvalue weighted by atomic mass is 9.96. The van der Waals surface area contributed by atoms with Gasteiger partial charge in [0.05, 0.1) is 0 Å². The average molecular weight is 258 g/mol. The maximum absolute atomic E-state index is 13.7.